The van der Waals surface area contributed by atoms with Crippen LogP contribution in [0.2, 0.25) is 0 Å². The van der Waals surface area contributed by atoms with Crippen LogP contribution in [0, 0.1) is 6.92 Å². The lowest BCUT2D eigenvalue weighted by atomic mass is 10.2. The molecule has 3 heterocycles. The zero-order valence-electron chi connectivity index (χ0n) is 9.68. The number of rotatable bonds is 2. The first-order valence-corrected chi connectivity index (χ1v) is 8.95. The number of hydrogen-bond acceptors (Lipinski definition) is 2. The van der Waals surface area contributed by atoms with Gasteiger partial charge in [0, 0.05) is 24.8 Å². The smallest absolute Gasteiger partial charge is 0.0391 e. The van der Waals surface area contributed by atoms with Gasteiger partial charge in [-0.15, -0.1) is 22.7 Å². The van der Waals surface area contributed by atoms with E-state index < -0.39 is 0 Å². The van der Waals surface area contributed by atoms with Gasteiger partial charge in [0.2, 0.25) is 0 Å². The van der Waals surface area contributed by atoms with Crippen molar-refractivity contribution in [1.29, 1.82) is 0 Å². The van der Waals surface area contributed by atoms with Gasteiger partial charge >= 0.3 is 0 Å². The zero-order valence-corrected chi connectivity index (χ0v) is 13.8. The molecular weight excluding hydrogens is 343 g/mol. The molecule has 0 unspecified atom stereocenters. The van der Waals surface area contributed by atoms with Gasteiger partial charge in [0.05, 0.1) is 0 Å². The second kappa shape index (κ2) is 5.26. The Kier molecular flexibility index (Phi) is 3.67. The van der Waals surface area contributed by atoms with Crippen molar-refractivity contribution < 1.29 is 0 Å². The monoisotopic (exact) mass is 352 g/mol. The van der Waals surface area contributed by atoms with Crippen LogP contribution >= 0.6 is 46.8 Å². The molecule has 3 aromatic rings. The molecule has 3 aromatic heterocycles. The summed E-state index contributed by atoms with van der Waals surface area (Å²) in [5.74, 6) is 0. The first-order valence-electron chi connectivity index (χ1n) is 5.50. The van der Waals surface area contributed by atoms with Gasteiger partial charge in [-0.25, -0.2) is 0 Å². The van der Waals surface area contributed by atoms with Crippen molar-refractivity contribution in [2.45, 2.75) is 6.92 Å². The third-order valence-corrected chi connectivity index (χ3v) is 7.06. The predicted octanol–water partition coefficient (Wildman–Crippen LogP) is 6.79. The Morgan fingerprint density at radius 2 is 1.72 bits per heavy atom. The van der Waals surface area contributed by atoms with Crippen LogP contribution in [0.3, 0.4) is 0 Å². The zero-order chi connectivity index (χ0) is 12.5. The molecule has 0 saturated carbocycles. The summed E-state index contributed by atoms with van der Waals surface area (Å²) in [6, 6.07) is 10.9. The molecule has 0 saturated heterocycles. The molecule has 0 aliphatic rings. The summed E-state index contributed by atoms with van der Waals surface area (Å²) >= 11 is 7.31. The summed E-state index contributed by atoms with van der Waals surface area (Å²) in [6.07, 6.45) is 0. The van der Waals surface area contributed by atoms with Gasteiger partial charge in [-0.3, -0.25) is 0 Å². The maximum absolute atomic E-state index is 3.69. The second-order valence-electron chi connectivity index (χ2n) is 3.92. The van der Waals surface area contributed by atoms with Crippen LogP contribution in [0.25, 0.3) is 20.3 Å². The largest absolute Gasteiger partial charge is 0.143 e. The van der Waals surface area contributed by atoms with Gasteiger partial charge in [-0.2, -0.15) is 0 Å². The van der Waals surface area contributed by atoms with Gasteiger partial charge in [0.25, 0.3) is 0 Å². The topological polar surface area (TPSA) is 0 Å². The highest BCUT2D eigenvalue weighted by Crippen LogP contribution is 2.44. The molecule has 18 heavy (non-hydrogen) atoms. The Morgan fingerprint density at radius 3 is 2.33 bits per heavy atom. The fraction of sp³-hybridized carbons (Fsp3) is 0.0714. The van der Waals surface area contributed by atoms with Gasteiger partial charge in [0.1, 0.15) is 0 Å². The Balaban J connectivity index is 2.20. The Hall–Kier alpha value is -0.470. The molecule has 90 valence electrons. The van der Waals surface area contributed by atoms with Crippen LogP contribution in [0.15, 0.2) is 45.6 Å². The van der Waals surface area contributed by atoms with E-state index in [0.29, 0.717) is 0 Å². The molecular formula is C14H10BrPS2. The normalized spacial score (nSPS) is 11.2. The van der Waals surface area contributed by atoms with Gasteiger partial charge in [-0.1, -0.05) is 36.3 Å². The predicted molar refractivity (Wildman–Crippen MR) is 88.0 cm³/mol. The molecule has 0 aliphatic heterocycles. The third-order valence-electron chi connectivity index (χ3n) is 2.74. The molecule has 0 fully saturated rings. The summed E-state index contributed by atoms with van der Waals surface area (Å²) in [6.45, 7) is 2.19. The van der Waals surface area contributed by atoms with E-state index in [1.54, 1.807) is 11.3 Å². The maximum Gasteiger partial charge on any atom is 0.0391 e. The minimum atomic E-state index is 1.20. The molecule has 0 N–H and O–H groups in total. The van der Waals surface area contributed by atoms with E-state index in [4.69, 9.17) is 0 Å². The lowest BCUT2D eigenvalue weighted by Crippen LogP contribution is -1.80. The van der Waals surface area contributed by atoms with Crippen LogP contribution in [-0.2, 0) is 0 Å². The van der Waals surface area contributed by atoms with E-state index in [-0.39, 0.29) is 0 Å². The van der Waals surface area contributed by atoms with E-state index >= 15 is 0 Å². The summed E-state index contributed by atoms with van der Waals surface area (Å²) in [7, 11) is 1.31. The van der Waals surface area contributed by atoms with E-state index in [0.717, 1.165) is 0 Å². The average Bonchev–Trinajstić information content (AvgIpc) is 3.03. The van der Waals surface area contributed by atoms with Gasteiger partial charge < -0.3 is 0 Å². The fourth-order valence-corrected chi connectivity index (χ4v) is 5.59. The Morgan fingerprint density at radius 1 is 1.06 bits per heavy atom. The van der Waals surface area contributed by atoms with E-state index in [1.165, 1.54) is 38.6 Å². The Bertz CT molecular complexity index is 657. The average molecular weight is 353 g/mol. The molecule has 0 aromatic carbocycles. The van der Waals surface area contributed by atoms with Crippen LogP contribution in [0.4, 0.5) is 0 Å². The quantitative estimate of drug-likeness (QED) is 0.475. The SMILES string of the molecule is Cc1c(Br)cc(-c2cccs2)pc1-c1cccs1. The molecule has 0 radical (unpaired) electrons. The maximum atomic E-state index is 3.69. The molecule has 0 amide bonds. The first-order chi connectivity index (χ1) is 8.75. The summed E-state index contributed by atoms with van der Waals surface area (Å²) in [5.41, 5.74) is 1.35. The minimum absolute atomic E-state index is 1.20. The van der Waals surface area contributed by atoms with Crippen LogP contribution in [0.5, 0.6) is 0 Å². The van der Waals surface area contributed by atoms with Crippen molar-refractivity contribution in [2.75, 3.05) is 0 Å². The van der Waals surface area contributed by atoms with Crippen LogP contribution in [-0.4, -0.2) is 0 Å². The molecule has 4 heteroatoms. The van der Waals surface area contributed by atoms with Crippen molar-refractivity contribution >= 4 is 46.8 Å². The number of halogens is 1. The summed E-state index contributed by atoms with van der Waals surface area (Å²) < 4.78 is 1.20. The van der Waals surface area contributed by atoms with Crippen molar-refractivity contribution in [3.8, 4) is 20.3 Å². The highest BCUT2D eigenvalue weighted by Gasteiger charge is 2.10. The third kappa shape index (κ3) is 2.33. The molecule has 3 rings (SSSR count). The first kappa shape index (κ1) is 12.6. The summed E-state index contributed by atoms with van der Waals surface area (Å²) in [4.78, 5) is 2.73. The van der Waals surface area contributed by atoms with Crippen molar-refractivity contribution in [2.24, 2.45) is 0 Å². The van der Waals surface area contributed by atoms with Gasteiger partial charge in [0.15, 0.2) is 0 Å². The van der Waals surface area contributed by atoms with Crippen LogP contribution in [0.1, 0.15) is 5.56 Å². The fourth-order valence-electron chi connectivity index (χ4n) is 1.78. The standard InChI is InChI=1S/C14H10BrPS2/c1-9-10(15)8-11(12-4-2-6-17-12)16-14(9)13-5-3-7-18-13/h2-8H,1H3. The highest BCUT2D eigenvalue weighted by atomic mass is 79.9. The second-order valence-corrected chi connectivity index (χ2v) is 7.82. The van der Waals surface area contributed by atoms with Crippen molar-refractivity contribution in [3.63, 3.8) is 0 Å². The lowest BCUT2D eigenvalue weighted by Gasteiger charge is -2.08. The van der Waals surface area contributed by atoms with Crippen molar-refractivity contribution in [1.82, 2.24) is 0 Å². The number of hydrogen-bond donors (Lipinski definition) is 0. The minimum Gasteiger partial charge on any atom is -0.143 e. The summed E-state index contributed by atoms with van der Waals surface area (Å²) in [5, 5.41) is 7.08. The molecule has 0 bridgehead atoms. The molecule has 0 nitrogen and oxygen atoms in total. The Labute approximate surface area is 125 Å². The molecule has 0 atom stereocenters. The van der Waals surface area contributed by atoms with E-state index in [2.05, 4.69) is 63.9 Å². The molecule has 0 spiro atoms. The van der Waals surface area contributed by atoms with E-state index in [9.17, 15) is 0 Å². The number of thiophene rings is 2. The molecule has 0 aliphatic carbocycles. The highest BCUT2D eigenvalue weighted by molar-refractivity contribution is 9.10. The van der Waals surface area contributed by atoms with E-state index in [1.807, 2.05) is 11.3 Å². The van der Waals surface area contributed by atoms with Gasteiger partial charge in [-0.05, 0) is 41.4 Å². The van der Waals surface area contributed by atoms with Crippen molar-refractivity contribution in [3.05, 3.63) is 51.1 Å². The lowest BCUT2D eigenvalue weighted by molar-refractivity contribution is 1.49. The van der Waals surface area contributed by atoms with Crippen LogP contribution < -0.4 is 0 Å².